The van der Waals surface area contributed by atoms with Crippen LogP contribution in [0.15, 0.2) is 64.7 Å². The topological polar surface area (TPSA) is 99.3 Å². The highest BCUT2D eigenvalue weighted by atomic mass is 32.2. The predicted molar refractivity (Wildman–Crippen MR) is 159 cm³/mol. The number of hydrogen-bond acceptors (Lipinski definition) is 6. The van der Waals surface area contributed by atoms with Gasteiger partial charge in [0.1, 0.15) is 0 Å². The Morgan fingerprint density at radius 1 is 1.05 bits per heavy atom. The molecule has 9 nitrogen and oxygen atoms in total. The zero-order valence-corrected chi connectivity index (χ0v) is 25.9. The molecule has 2 aliphatic rings. The molecule has 2 aromatic rings. The number of aryl methyl sites for hydroxylation is 1. The van der Waals surface area contributed by atoms with E-state index in [9.17, 15) is 18.0 Å². The molecule has 0 spiro atoms. The van der Waals surface area contributed by atoms with Crippen molar-refractivity contribution >= 4 is 22.0 Å². The number of rotatable bonds is 7. The molecule has 2 amide bonds. The molecular weight excluding hydrogens is 540 g/mol. The van der Waals surface area contributed by atoms with Crippen LogP contribution in [0.25, 0.3) is 0 Å². The van der Waals surface area contributed by atoms with Gasteiger partial charge in [0.2, 0.25) is 10.0 Å². The summed E-state index contributed by atoms with van der Waals surface area (Å²) in [4.78, 5) is 30.3. The molecule has 1 N–H and O–H groups in total. The van der Waals surface area contributed by atoms with Gasteiger partial charge >= 0.3 is 12.0 Å². The second-order valence-corrected chi connectivity index (χ2v) is 13.8. The van der Waals surface area contributed by atoms with Gasteiger partial charge in [-0.1, -0.05) is 62.7 Å². The van der Waals surface area contributed by atoms with Crippen LogP contribution in [0.3, 0.4) is 0 Å². The van der Waals surface area contributed by atoms with Gasteiger partial charge in [0, 0.05) is 45.0 Å². The summed E-state index contributed by atoms with van der Waals surface area (Å²) in [5.74, 6) is -0.479. The van der Waals surface area contributed by atoms with E-state index in [0.29, 0.717) is 37.4 Å². The van der Waals surface area contributed by atoms with Crippen molar-refractivity contribution < 1.29 is 22.7 Å². The number of carbonyl (C=O) groups is 2. The zero-order chi connectivity index (χ0) is 30.1. The molecule has 0 bridgehead atoms. The van der Waals surface area contributed by atoms with E-state index in [1.54, 1.807) is 38.2 Å². The van der Waals surface area contributed by atoms with Gasteiger partial charge in [-0.3, -0.25) is 9.80 Å². The second kappa shape index (κ2) is 12.0. The first kappa shape index (κ1) is 30.7. The number of nitrogens with one attached hydrogen (secondary N) is 1. The molecule has 2 atom stereocenters. The smallest absolute Gasteiger partial charge is 0.338 e. The van der Waals surface area contributed by atoms with Gasteiger partial charge in [0.05, 0.1) is 23.1 Å². The summed E-state index contributed by atoms with van der Waals surface area (Å²) in [6.07, 6.45) is 0. The molecule has 222 valence electrons. The van der Waals surface area contributed by atoms with Gasteiger partial charge in [-0.2, -0.15) is 4.31 Å². The lowest BCUT2D eigenvalue weighted by Crippen LogP contribution is -2.56. The maximum Gasteiger partial charge on any atom is 0.338 e. The van der Waals surface area contributed by atoms with Gasteiger partial charge in [0.15, 0.2) is 0 Å². The van der Waals surface area contributed by atoms with Crippen LogP contribution in [-0.2, 0) is 25.0 Å². The van der Waals surface area contributed by atoms with Crippen molar-refractivity contribution in [1.82, 2.24) is 19.4 Å². The third-order valence-electron chi connectivity index (χ3n) is 7.83. The fourth-order valence-corrected chi connectivity index (χ4v) is 7.01. The molecule has 0 aliphatic carbocycles. The monoisotopic (exact) mass is 582 g/mol. The van der Waals surface area contributed by atoms with Crippen molar-refractivity contribution in [2.75, 3.05) is 39.8 Å². The molecule has 10 heteroatoms. The van der Waals surface area contributed by atoms with E-state index in [4.69, 9.17) is 4.74 Å². The van der Waals surface area contributed by atoms with E-state index in [1.165, 1.54) is 9.21 Å². The minimum Gasteiger partial charge on any atom is -0.463 e. The van der Waals surface area contributed by atoms with Crippen LogP contribution in [0.4, 0.5) is 4.79 Å². The highest BCUT2D eigenvalue weighted by molar-refractivity contribution is 7.89. The lowest BCUT2D eigenvalue weighted by Gasteiger charge is -2.41. The summed E-state index contributed by atoms with van der Waals surface area (Å²) in [6.45, 7) is 13.7. The van der Waals surface area contributed by atoms with Crippen LogP contribution in [0, 0.1) is 6.92 Å². The van der Waals surface area contributed by atoms with Crippen molar-refractivity contribution in [3.05, 3.63) is 76.5 Å². The first-order chi connectivity index (χ1) is 19.2. The third kappa shape index (κ3) is 6.50. The average molecular weight is 583 g/mol. The Morgan fingerprint density at radius 2 is 1.68 bits per heavy atom. The van der Waals surface area contributed by atoms with Crippen molar-refractivity contribution in [3.8, 4) is 0 Å². The molecule has 41 heavy (non-hydrogen) atoms. The molecule has 2 aromatic carbocycles. The number of urea groups is 1. The van der Waals surface area contributed by atoms with E-state index in [-0.39, 0.29) is 29.0 Å². The van der Waals surface area contributed by atoms with Crippen molar-refractivity contribution in [1.29, 1.82) is 0 Å². The third-order valence-corrected chi connectivity index (χ3v) is 9.86. The highest BCUT2D eigenvalue weighted by Crippen LogP contribution is 2.33. The van der Waals surface area contributed by atoms with Crippen LogP contribution < -0.4 is 5.32 Å². The van der Waals surface area contributed by atoms with Crippen molar-refractivity contribution in [2.45, 2.75) is 63.9 Å². The molecule has 0 aromatic heterocycles. The van der Waals surface area contributed by atoms with E-state index < -0.39 is 22.0 Å². The van der Waals surface area contributed by atoms with Gasteiger partial charge < -0.3 is 10.1 Å². The molecule has 2 aliphatic heterocycles. The summed E-state index contributed by atoms with van der Waals surface area (Å²) in [5.41, 5.74) is 3.85. The lowest BCUT2D eigenvalue weighted by molar-refractivity contribution is -0.139. The quantitative estimate of drug-likeness (QED) is 0.492. The molecule has 2 heterocycles. The van der Waals surface area contributed by atoms with E-state index >= 15 is 0 Å². The number of piperazine rings is 1. The number of benzene rings is 2. The first-order valence-corrected chi connectivity index (χ1v) is 15.5. The molecule has 1 saturated heterocycles. The van der Waals surface area contributed by atoms with Gasteiger partial charge in [0.25, 0.3) is 0 Å². The molecule has 0 saturated carbocycles. The van der Waals surface area contributed by atoms with Gasteiger partial charge in [-0.15, -0.1) is 0 Å². The van der Waals surface area contributed by atoms with Crippen molar-refractivity contribution in [3.63, 3.8) is 0 Å². The van der Waals surface area contributed by atoms with Crippen molar-refractivity contribution in [2.24, 2.45) is 0 Å². The second-order valence-electron chi connectivity index (χ2n) is 11.9. The van der Waals surface area contributed by atoms with Crippen LogP contribution in [0.5, 0.6) is 0 Å². The summed E-state index contributed by atoms with van der Waals surface area (Å²) >= 11 is 0. The van der Waals surface area contributed by atoms with E-state index in [2.05, 4.69) is 31.0 Å². The van der Waals surface area contributed by atoms with Gasteiger partial charge in [-0.05, 0) is 49.4 Å². The summed E-state index contributed by atoms with van der Waals surface area (Å²) in [7, 11) is -2.01. The van der Waals surface area contributed by atoms with Gasteiger partial charge in [-0.25, -0.2) is 18.0 Å². The Hall–Kier alpha value is -3.21. The molecule has 0 radical (unpaired) electrons. The fraction of sp³-hybridized carbons (Fsp3) is 0.484. The average Bonchev–Trinajstić information content (AvgIpc) is 2.91. The normalized spacial score (nSPS) is 21.1. The maximum absolute atomic E-state index is 13.4. The highest BCUT2D eigenvalue weighted by Gasteiger charge is 2.39. The minimum absolute atomic E-state index is 0.0364. The zero-order valence-electron chi connectivity index (χ0n) is 25.1. The standard InChI is InChI=1S/C31H42N4O5S/c1-8-40-29(36)27-26(33(7)30(37)32-28(27)23-11-13-24(14-12-23)31(4,5)6)20-34-17-18-35(22(3)19-34)41(38,39)25-15-9-21(2)10-16-25/h9-16,22,28H,8,17-20H2,1-7H3,(H,32,37). The number of amides is 2. The van der Waals surface area contributed by atoms with E-state index in [0.717, 1.165) is 16.7 Å². The lowest BCUT2D eigenvalue weighted by atomic mass is 9.85. The number of ether oxygens (including phenoxy) is 1. The van der Waals surface area contributed by atoms with Crippen LogP contribution in [-0.4, -0.2) is 80.4 Å². The van der Waals surface area contributed by atoms with E-state index in [1.807, 2.05) is 38.1 Å². The number of sulfonamides is 1. The number of hydrogen-bond donors (Lipinski definition) is 1. The number of esters is 1. The van der Waals surface area contributed by atoms with Crippen LogP contribution in [0.2, 0.25) is 0 Å². The van der Waals surface area contributed by atoms with Crippen LogP contribution >= 0.6 is 0 Å². The SMILES string of the molecule is CCOC(=O)C1=C(CN2CCN(S(=O)(=O)c3ccc(C)cc3)C(C)C2)N(C)C(=O)NC1c1ccc(C(C)(C)C)cc1. The summed E-state index contributed by atoms with van der Waals surface area (Å²) in [6, 6.07) is 13.6. The molecule has 2 unspecified atom stereocenters. The Bertz CT molecular complexity index is 1410. The Morgan fingerprint density at radius 3 is 2.24 bits per heavy atom. The Kier molecular flexibility index (Phi) is 8.96. The molecule has 1 fully saturated rings. The maximum atomic E-state index is 13.4. The molecule has 4 rings (SSSR count). The fourth-order valence-electron chi connectivity index (χ4n) is 5.40. The largest absolute Gasteiger partial charge is 0.463 e. The minimum atomic E-state index is -3.65. The Labute approximate surface area is 244 Å². The Balaban J connectivity index is 1.63. The van der Waals surface area contributed by atoms with Crippen LogP contribution in [0.1, 0.15) is 57.4 Å². The number of likely N-dealkylation sites (N-methyl/N-ethyl adjacent to an activating group) is 1. The molecular formula is C31H42N4O5S. The number of carbonyl (C=O) groups excluding carboxylic acids is 2. The summed E-state index contributed by atoms with van der Waals surface area (Å²) < 4.78 is 33.8. The number of nitrogens with zero attached hydrogens (tertiary/aromatic N) is 3. The first-order valence-electron chi connectivity index (χ1n) is 14.1. The predicted octanol–water partition coefficient (Wildman–Crippen LogP) is 4.20. The summed E-state index contributed by atoms with van der Waals surface area (Å²) in [5, 5.41) is 2.98.